The van der Waals surface area contributed by atoms with Crippen LogP contribution in [0.25, 0.3) is 5.69 Å². The molecule has 1 aromatic heterocycles. The van der Waals surface area contributed by atoms with Crippen molar-refractivity contribution in [2.75, 3.05) is 5.32 Å². The highest BCUT2D eigenvalue weighted by Gasteiger charge is 2.18. The molecule has 0 atom stereocenters. The lowest BCUT2D eigenvalue weighted by atomic mass is 10.1. The van der Waals surface area contributed by atoms with Crippen LogP contribution in [-0.2, 0) is 21.2 Å². The number of anilines is 1. The number of sulfonamides is 1. The first-order valence-electron chi connectivity index (χ1n) is 7.95. The van der Waals surface area contributed by atoms with Crippen molar-refractivity contribution in [2.24, 2.45) is 5.14 Å². The molecule has 0 aliphatic rings. The van der Waals surface area contributed by atoms with E-state index in [4.69, 9.17) is 16.7 Å². The van der Waals surface area contributed by atoms with E-state index in [-0.39, 0.29) is 22.9 Å². The van der Waals surface area contributed by atoms with Gasteiger partial charge in [-0.3, -0.25) is 4.79 Å². The summed E-state index contributed by atoms with van der Waals surface area (Å²) < 4.78 is 25.3. The highest BCUT2D eigenvalue weighted by Crippen LogP contribution is 2.24. The standard InChI is InChI=1S/C18H17ClN4O3S/c1-12-2-4-13(5-3-12)8-18(24)22-15-6-7-16(17(9-15)27(20,25)26)23-11-14(19)10-21-23/h2-7,9-11H,8H2,1H3,(H,22,24)(H2,20,25,26). The fourth-order valence-corrected chi connectivity index (χ4v) is 3.42. The summed E-state index contributed by atoms with van der Waals surface area (Å²) in [5, 5.41) is 12.4. The average Bonchev–Trinajstić information content (AvgIpc) is 3.02. The Hall–Kier alpha value is -2.68. The van der Waals surface area contributed by atoms with Crippen LogP contribution in [0.4, 0.5) is 5.69 Å². The predicted octanol–water partition coefficient (Wildman–Crippen LogP) is 2.66. The third-order valence-corrected chi connectivity index (χ3v) is 4.97. The van der Waals surface area contributed by atoms with E-state index < -0.39 is 10.0 Å². The van der Waals surface area contributed by atoms with Crippen LogP contribution in [0.5, 0.6) is 0 Å². The number of hydrogen-bond acceptors (Lipinski definition) is 4. The van der Waals surface area contributed by atoms with Crippen LogP contribution in [0.2, 0.25) is 5.02 Å². The maximum atomic E-state index is 12.3. The summed E-state index contributed by atoms with van der Waals surface area (Å²) >= 11 is 5.84. The smallest absolute Gasteiger partial charge is 0.240 e. The average molecular weight is 405 g/mol. The van der Waals surface area contributed by atoms with E-state index in [0.29, 0.717) is 10.7 Å². The van der Waals surface area contributed by atoms with Gasteiger partial charge in [-0.05, 0) is 30.7 Å². The number of benzene rings is 2. The molecule has 3 aromatic rings. The van der Waals surface area contributed by atoms with Gasteiger partial charge in [0.05, 0.1) is 23.3 Å². The van der Waals surface area contributed by atoms with E-state index in [2.05, 4.69) is 10.4 Å². The number of nitrogens with zero attached hydrogens (tertiary/aromatic N) is 2. The minimum Gasteiger partial charge on any atom is -0.326 e. The zero-order chi connectivity index (χ0) is 19.6. The zero-order valence-corrected chi connectivity index (χ0v) is 16.0. The normalized spacial score (nSPS) is 11.4. The summed E-state index contributed by atoms with van der Waals surface area (Å²) in [6, 6.07) is 12.0. The Balaban J connectivity index is 1.86. The van der Waals surface area contributed by atoms with Gasteiger partial charge in [-0.2, -0.15) is 5.10 Å². The number of primary sulfonamides is 1. The Morgan fingerprint density at radius 2 is 1.93 bits per heavy atom. The lowest BCUT2D eigenvalue weighted by molar-refractivity contribution is -0.115. The van der Waals surface area contributed by atoms with Crippen LogP contribution in [0.15, 0.2) is 59.8 Å². The predicted molar refractivity (Wildman–Crippen MR) is 103 cm³/mol. The molecule has 0 bridgehead atoms. The second kappa shape index (κ2) is 7.51. The summed E-state index contributed by atoms with van der Waals surface area (Å²) in [7, 11) is -4.05. The fraction of sp³-hybridized carbons (Fsp3) is 0.111. The highest BCUT2D eigenvalue weighted by molar-refractivity contribution is 7.89. The molecule has 0 aliphatic heterocycles. The molecular weight excluding hydrogens is 388 g/mol. The van der Waals surface area contributed by atoms with Crippen molar-refractivity contribution in [3.63, 3.8) is 0 Å². The number of rotatable bonds is 5. The van der Waals surface area contributed by atoms with Crippen molar-refractivity contribution in [1.29, 1.82) is 0 Å². The van der Waals surface area contributed by atoms with E-state index in [0.717, 1.165) is 11.1 Å². The summed E-state index contributed by atoms with van der Waals surface area (Å²) in [6.07, 6.45) is 3.01. The number of hydrogen-bond donors (Lipinski definition) is 2. The number of aryl methyl sites for hydroxylation is 1. The van der Waals surface area contributed by atoms with Gasteiger partial charge in [-0.1, -0.05) is 41.4 Å². The third-order valence-electron chi connectivity index (χ3n) is 3.83. The molecule has 27 heavy (non-hydrogen) atoms. The van der Waals surface area contributed by atoms with Crippen LogP contribution in [-0.4, -0.2) is 24.1 Å². The van der Waals surface area contributed by atoms with Gasteiger partial charge in [-0.25, -0.2) is 18.2 Å². The molecule has 9 heteroatoms. The van der Waals surface area contributed by atoms with Gasteiger partial charge in [0.15, 0.2) is 0 Å². The monoisotopic (exact) mass is 404 g/mol. The van der Waals surface area contributed by atoms with Crippen molar-refractivity contribution in [3.05, 3.63) is 71.0 Å². The number of carbonyl (C=O) groups excluding carboxylic acids is 1. The van der Waals surface area contributed by atoms with Crippen LogP contribution in [0.3, 0.4) is 0 Å². The van der Waals surface area contributed by atoms with Gasteiger partial charge in [0, 0.05) is 11.9 Å². The molecular formula is C18H17ClN4O3S. The van der Waals surface area contributed by atoms with E-state index >= 15 is 0 Å². The maximum absolute atomic E-state index is 12.3. The summed E-state index contributed by atoms with van der Waals surface area (Å²) in [6.45, 7) is 1.97. The van der Waals surface area contributed by atoms with Gasteiger partial charge >= 0.3 is 0 Å². The number of nitrogens with two attached hydrogens (primary N) is 1. The Labute approximate surface area is 161 Å². The molecule has 1 heterocycles. The van der Waals surface area contributed by atoms with Crippen molar-refractivity contribution in [2.45, 2.75) is 18.2 Å². The minimum atomic E-state index is -4.05. The van der Waals surface area contributed by atoms with E-state index in [1.54, 1.807) is 6.07 Å². The first-order valence-corrected chi connectivity index (χ1v) is 9.87. The van der Waals surface area contributed by atoms with E-state index in [9.17, 15) is 13.2 Å². The molecule has 0 spiro atoms. The number of aromatic nitrogens is 2. The second-order valence-corrected chi connectivity index (χ2v) is 8.01. The van der Waals surface area contributed by atoms with Crippen molar-refractivity contribution in [1.82, 2.24) is 9.78 Å². The molecule has 3 rings (SSSR count). The van der Waals surface area contributed by atoms with Crippen LogP contribution < -0.4 is 10.5 Å². The van der Waals surface area contributed by atoms with Crippen molar-refractivity contribution in [3.8, 4) is 5.69 Å². The van der Waals surface area contributed by atoms with E-state index in [1.807, 2.05) is 31.2 Å². The minimum absolute atomic E-state index is 0.168. The summed E-state index contributed by atoms with van der Waals surface area (Å²) in [4.78, 5) is 12.1. The number of halogens is 1. The second-order valence-electron chi connectivity index (χ2n) is 6.04. The molecule has 1 amide bonds. The maximum Gasteiger partial charge on any atom is 0.240 e. The third kappa shape index (κ3) is 4.73. The molecule has 0 aliphatic carbocycles. The quantitative estimate of drug-likeness (QED) is 0.681. The van der Waals surface area contributed by atoms with Crippen LogP contribution in [0.1, 0.15) is 11.1 Å². The highest BCUT2D eigenvalue weighted by atomic mass is 35.5. The van der Waals surface area contributed by atoms with Crippen LogP contribution in [0, 0.1) is 6.92 Å². The molecule has 7 nitrogen and oxygen atoms in total. The number of amides is 1. The van der Waals surface area contributed by atoms with Gasteiger partial charge in [0.25, 0.3) is 0 Å². The molecule has 140 valence electrons. The SMILES string of the molecule is Cc1ccc(CC(=O)Nc2ccc(-n3cc(Cl)cn3)c(S(N)(=O)=O)c2)cc1. The van der Waals surface area contributed by atoms with Crippen molar-refractivity contribution < 1.29 is 13.2 Å². The van der Waals surface area contributed by atoms with Gasteiger partial charge in [-0.15, -0.1) is 0 Å². The Morgan fingerprint density at radius 1 is 1.22 bits per heavy atom. The topological polar surface area (TPSA) is 107 Å². The van der Waals surface area contributed by atoms with Crippen molar-refractivity contribution >= 4 is 33.2 Å². The zero-order valence-electron chi connectivity index (χ0n) is 14.4. The largest absolute Gasteiger partial charge is 0.326 e. The molecule has 0 radical (unpaired) electrons. The first-order chi connectivity index (χ1) is 12.7. The molecule has 0 saturated carbocycles. The molecule has 0 fully saturated rings. The van der Waals surface area contributed by atoms with Gasteiger partial charge < -0.3 is 5.32 Å². The lowest BCUT2D eigenvalue weighted by Crippen LogP contribution is -2.18. The summed E-state index contributed by atoms with van der Waals surface area (Å²) in [5.41, 5.74) is 2.51. The Morgan fingerprint density at radius 3 is 2.52 bits per heavy atom. The van der Waals surface area contributed by atoms with Gasteiger partial charge in [0.2, 0.25) is 15.9 Å². The fourth-order valence-electron chi connectivity index (χ4n) is 2.54. The van der Waals surface area contributed by atoms with E-state index in [1.165, 1.54) is 29.2 Å². The lowest BCUT2D eigenvalue weighted by Gasteiger charge is -2.11. The van der Waals surface area contributed by atoms with Crippen LogP contribution >= 0.6 is 11.6 Å². The number of nitrogens with one attached hydrogen (secondary N) is 1. The number of carbonyl (C=O) groups is 1. The summed E-state index contributed by atoms with van der Waals surface area (Å²) in [5.74, 6) is -0.269. The molecule has 0 saturated heterocycles. The Bertz CT molecular complexity index is 1090. The van der Waals surface area contributed by atoms with Gasteiger partial charge in [0.1, 0.15) is 4.90 Å². The molecule has 0 unspecified atom stereocenters. The Kier molecular flexibility index (Phi) is 5.31. The first kappa shape index (κ1) is 19.1. The molecule has 2 aromatic carbocycles. The molecule has 3 N–H and O–H groups in total.